The first kappa shape index (κ1) is 18.0. The normalized spacial score (nSPS) is 18.3. The molecule has 1 heterocycles. The van der Waals surface area contributed by atoms with Crippen molar-refractivity contribution in [2.75, 3.05) is 33.2 Å². The summed E-state index contributed by atoms with van der Waals surface area (Å²) in [6.45, 7) is 10.6. The Morgan fingerprint density at radius 3 is 2.44 bits per heavy atom. The highest BCUT2D eigenvalue weighted by atomic mass is 127. The Hall–Kier alpha value is -0.0400. The van der Waals surface area contributed by atoms with Gasteiger partial charge in [-0.1, -0.05) is 6.92 Å². The van der Waals surface area contributed by atoms with Gasteiger partial charge in [-0.3, -0.25) is 4.99 Å². The van der Waals surface area contributed by atoms with Gasteiger partial charge in [0.05, 0.1) is 6.54 Å². The lowest BCUT2D eigenvalue weighted by Gasteiger charge is -2.31. The van der Waals surface area contributed by atoms with Gasteiger partial charge < -0.3 is 15.5 Å². The van der Waals surface area contributed by atoms with E-state index in [1.807, 2.05) is 0 Å². The summed E-state index contributed by atoms with van der Waals surface area (Å²) in [6, 6.07) is 0.572. The zero-order valence-electron chi connectivity index (χ0n) is 12.2. The Kier molecular flexibility index (Phi) is 8.94. The Balaban J connectivity index is 0.00000289. The molecule has 18 heavy (non-hydrogen) atoms. The lowest BCUT2D eigenvalue weighted by molar-refractivity contribution is 0.272. The van der Waals surface area contributed by atoms with E-state index in [9.17, 15) is 0 Å². The van der Waals surface area contributed by atoms with Crippen LogP contribution in [0.5, 0.6) is 0 Å². The highest BCUT2D eigenvalue weighted by Crippen LogP contribution is 2.15. The second-order valence-corrected chi connectivity index (χ2v) is 5.48. The standard InChI is InChI=1S/C13H28N4.HI/c1-11(2)16(4)10-7-15-13(14)17-8-5-12(3)6-9-17;/h11-12H,5-10H2,1-4H3,(H2,14,15);1H. The molecular weight excluding hydrogens is 339 g/mol. The van der Waals surface area contributed by atoms with E-state index < -0.39 is 0 Å². The zero-order chi connectivity index (χ0) is 12.8. The van der Waals surface area contributed by atoms with Gasteiger partial charge in [0.25, 0.3) is 0 Å². The lowest BCUT2D eigenvalue weighted by atomic mass is 10.00. The van der Waals surface area contributed by atoms with Crippen LogP contribution < -0.4 is 5.73 Å². The largest absolute Gasteiger partial charge is 0.370 e. The number of aliphatic imine (C=N–C) groups is 1. The fourth-order valence-corrected chi connectivity index (χ4v) is 1.92. The predicted octanol–water partition coefficient (Wildman–Crippen LogP) is 1.99. The molecule has 1 fully saturated rings. The molecule has 0 aromatic carbocycles. The number of hydrogen-bond donors (Lipinski definition) is 1. The summed E-state index contributed by atoms with van der Waals surface area (Å²) in [5, 5.41) is 0. The molecule has 0 aromatic rings. The second-order valence-electron chi connectivity index (χ2n) is 5.48. The van der Waals surface area contributed by atoms with Crippen molar-refractivity contribution in [2.24, 2.45) is 16.6 Å². The highest BCUT2D eigenvalue weighted by molar-refractivity contribution is 14.0. The topological polar surface area (TPSA) is 44.9 Å². The summed E-state index contributed by atoms with van der Waals surface area (Å²) in [5.41, 5.74) is 6.01. The van der Waals surface area contributed by atoms with Crippen molar-refractivity contribution in [3.05, 3.63) is 0 Å². The molecule has 4 nitrogen and oxygen atoms in total. The van der Waals surface area contributed by atoms with Crippen molar-refractivity contribution in [2.45, 2.75) is 39.7 Å². The van der Waals surface area contributed by atoms with Gasteiger partial charge in [-0.2, -0.15) is 0 Å². The SMILES string of the molecule is CC1CCN(C(N)=NCCN(C)C(C)C)CC1.I. The maximum atomic E-state index is 6.01. The molecule has 1 rings (SSSR count). The minimum atomic E-state index is 0. The fraction of sp³-hybridized carbons (Fsp3) is 0.923. The number of guanidine groups is 1. The number of halogens is 1. The number of hydrogen-bond acceptors (Lipinski definition) is 2. The van der Waals surface area contributed by atoms with Crippen molar-refractivity contribution in [3.8, 4) is 0 Å². The van der Waals surface area contributed by atoms with Crippen LogP contribution in [-0.2, 0) is 0 Å². The Morgan fingerprint density at radius 2 is 1.94 bits per heavy atom. The third kappa shape index (κ3) is 6.22. The van der Waals surface area contributed by atoms with Crippen LogP contribution in [0.2, 0.25) is 0 Å². The van der Waals surface area contributed by atoms with Crippen LogP contribution in [-0.4, -0.2) is 55.0 Å². The molecule has 0 bridgehead atoms. The van der Waals surface area contributed by atoms with Gasteiger partial charge >= 0.3 is 0 Å². The summed E-state index contributed by atoms with van der Waals surface area (Å²) in [4.78, 5) is 8.98. The summed E-state index contributed by atoms with van der Waals surface area (Å²) in [7, 11) is 2.12. The second kappa shape index (κ2) is 8.96. The van der Waals surface area contributed by atoms with E-state index in [0.29, 0.717) is 6.04 Å². The molecule has 1 saturated heterocycles. The number of piperidine rings is 1. The van der Waals surface area contributed by atoms with Gasteiger partial charge in [0, 0.05) is 25.7 Å². The van der Waals surface area contributed by atoms with E-state index in [-0.39, 0.29) is 24.0 Å². The van der Waals surface area contributed by atoms with Crippen molar-refractivity contribution >= 4 is 29.9 Å². The van der Waals surface area contributed by atoms with Gasteiger partial charge in [-0.25, -0.2) is 0 Å². The van der Waals surface area contributed by atoms with Crippen LogP contribution in [0.4, 0.5) is 0 Å². The van der Waals surface area contributed by atoms with Gasteiger partial charge in [-0.15, -0.1) is 24.0 Å². The van der Waals surface area contributed by atoms with Crippen molar-refractivity contribution in [1.29, 1.82) is 0 Å². The van der Waals surface area contributed by atoms with E-state index in [1.165, 1.54) is 12.8 Å². The molecule has 0 aliphatic carbocycles. The summed E-state index contributed by atoms with van der Waals surface area (Å²) in [6.07, 6.45) is 2.48. The molecule has 5 heteroatoms. The third-order valence-electron chi connectivity index (χ3n) is 3.72. The predicted molar refractivity (Wildman–Crippen MR) is 89.6 cm³/mol. The molecule has 0 unspecified atom stereocenters. The molecule has 1 aliphatic rings. The van der Waals surface area contributed by atoms with Gasteiger partial charge in [0.2, 0.25) is 0 Å². The minimum absolute atomic E-state index is 0. The zero-order valence-corrected chi connectivity index (χ0v) is 14.6. The van der Waals surface area contributed by atoms with Crippen LogP contribution in [0, 0.1) is 5.92 Å². The number of nitrogens with zero attached hydrogens (tertiary/aromatic N) is 3. The third-order valence-corrected chi connectivity index (χ3v) is 3.72. The van der Waals surface area contributed by atoms with E-state index in [4.69, 9.17) is 5.73 Å². The fourth-order valence-electron chi connectivity index (χ4n) is 1.92. The first-order valence-electron chi connectivity index (χ1n) is 6.75. The molecular formula is C13H29IN4. The molecule has 2 N–H and O–H groups in total. The quantitative estimate of drug-likeness (QED) is 0.469. The molecule has 0 atom stereocenters. The molecule has 0 radical (unpaired) electrons. The van der Waals surface area contributed by atoms with Gasteiger partial charge in [0.15, 0.2) is 5.96 Å². The summed E-state index contributed by atoms with van der Waals surface area (Å²) in [5.74, 6) is 1.57. The summed E-state index contributed by atoms with van der Waals surface area (Å²) >= 11 is 0. The van der Waals surface area contributed by atoms with E-state index in [2.05, 4.69) is 42.6 Å². The number of likely N-dealkylation sites (tertiary alicyclic amines) is 1. The van der Waals surface area contributed by atoms with Gasteiger partial charge in [-0.05, 0) is 39.7 Å². The van der Waals surface area contributed by atoms with E-state index in [1.54, 1.807) is 0 Å². The first-order chi connectivity index (χ1) is 8.00. The van der Waals surface area contributed by atoms with E-state index in [0.717, 1.165) is 38.1 Å². The van der Waals surface area contributed by atoms with Crippen LogP contribution in [0.1, 0.15) is 33.6 Å². The average molecular weight is 368 g/mol. The Bertz CT molecular complexity index is 247. The van der Waals surface area contributed by atoms with Crippen LogP contribution in [0.25, 0.3) is 0 Å². The molecule has 0 amide bonds. The lowest BCUT2D eigenvalue weighted by Crippen LogP contribution is -2.43. The van der Waals surface area contributed by atoms with Crippen LogP contribution in [0.3, 0.4) is 0 Å². The average Bonchev–Trinajstić information content (AvgIpc) is 2.29. The molecule has 108 valence electrons. The van der Waals surface area contributed by atoms with Crippen molar-refractivity contribution in [1.82, 2.24) is 9.80 Å². The number of nitrogens with two attached hydrogens (primary N) is 1. The molecule has 1 aliphatic heterocycles. The number of rotatable bonds is 4. The molecule has 0 spiro atoms. The minimum Gasteiger partial charge on any atom is -0.370 e. The van der Waals surface area contributed by atoms with Crippen LogP contribution >= 0.6 is 24.0 Å². The molecule has 0 aromatic heterocycles. The molecule has 0 saturated carbocycles. The maximum absolute atomic E-state index is 6.01. The van der Waals surface area contributed by atoms with Crippen molar-refractivity contribution in [3.63, 3.8) is 0 Å². The Labute approximate surface area is 129 Å². The van der Waals surface area contributed by atoms with Crippen LogP contribution in [0.15, 0.2) is 4.99 Å². The Morgan fingerprint density at radius 1 is 1.39 bits per heavy atom. The van der Waals surface area contributed by atoms with E-state index >= 15 is 0 Å². The van der Waals surface area contributed by atoms with Gasteiger partial charge in [0.1, 0.15) is 0 Å². The summed E-state index contributed by atoms with van der Waals surface area (Å²) < 4.78 is 0. The smallest absolute Gasteiger partial charge is 0.191 e. The van der Waals surface area contributed by atoms with Crippen molar-refractivity contribution < 1.29 is 0 Å². The maximum Gasteiger partial charge on any atom is 0.191 e. The first-order valence-corrected chi connectivity index (χ1v) is 6.75. The number of likely N-dealkylation sites (N-methyl/N-ethyl adjacent to an activating group) is 1. The highest BCUT2D eigenvalue weighted by Gasteiger charge is 2.16. The monoisotopic (exact) mass is 368 g/mol.